The summed E-state index contributed by atoms with van der Waals surface area (Å²) in [5.41, 5.74) is 5.33. The zero-order valence-electron chi connectivity index (χ0n) is 14.7. The fraction of sp³-hybridized carbons (Fsp3) is 0.733. The van der Waals surface area contributed by atoms with Crippen molar-refractivity contribution in [3.8, 4) is 0 Å². The van der Waals surface area contributed by atoms with Gasteiger partial charge in [-0.2, -0.15) is 0 Å². The monoisotopic (exact) mass is 347 g/mol. The highest BCUT2D eigenvalue weighted by Gasteiger charge is 2.17. The van der Waals surface area contributed by atoms with Crippen molar-refractivity contribution in [2.45, 2.75) is 58.5 Å². The Kier molecular flexibility index (Phi) is 13.3. The lowest BCUT2D eigenvalue weighted by Crippen LogP contribution is -2.37. The lowest BCUT2D eigenvalue weighted by Gasteiger charge is -2.18. The fourth-order valence-corrected chi connectivity index (χ4v) is 1.65. The van der Waals surface area contributed by atoms with Gasteiger partial charge in [0, 0.05) is 32.5 Å². The molecule has 0 unspecified atom stereocenters. The number of rotatable bonds is 10. The van der Waals surface area contributed by atoms with Gasteiger partial charge in [-0.3, -0.25) is 19.2 Å². The third kappa shape index (κ3) is 12.4. The van der Waals surface area contributed by atoms with Crippen molar-refractivity contribution >= 4 is 23.8 Å². The standard InChI is InChI=1S/C13H23N3O6.C2H6/c1-8(7-12(19)20)15-10(17)3-4-11(18)16(2)6-5-9(14)13(21)22;1-2/h8-9H,3-7,14H2,1-2H3,(H,15,17)(H,19,20)(H,21,22);1-2H3/t8-,9+;/m1./s1. The Bertz CT molecular complexity index is 427. The molecule has 0 spiro atoms. The largest absolute Gasteiger partial charge is 0.481 e. The van der Waals surface area contributed by atoms with E-state index in [1.807, 2.05) is 13.8 Å². The van der Waals surface area contributed by atoms with E-state index in [9.17, 15) is 19.2 Å². The maximum atomic E-state index is 11.8. The van der Waals surface area contributed by atoms with Crippen LogP contribution in [0.1, 0.15) is 46.5 Å². The predicted octanol–water partition coefficient (Wildman–Crippen LogP) is 0.0326. The number of hydrogen-bond donors (Lipinski definition) is 4. The molecule has 0 aliphatic heterocycles. The molecular formula is C15H29N3O6. The Morgan fingerprint density at radius 1 is 1.12 bits per heavy atom. The molecule has 5 N–H and O–H groups in total. The van der Waals surface area contributed by atoms with Crippen molar-refractivity contribution in [2.75, 3.05) is 13.6 Å². The number of aliphatic carboxylic acids is 2. The van der Waals surface area contributed by atoms with Crippen LogP contribution >= 0.6 is 0 Å². The van der Waals surface area contributed by atoms with E-state index >= 15 is 0 Å². The van der Waals surface area contributed by atoms with Gasteiger partial charge < -0.3 is 26.2 Å². The SMILES string of the molecule is CC.C[C@H](CC(=O)O)NC(=O)CCC(=O)N(C)CC[C@H](N)C(=O)O. The molecular weight excluding hydrogens is 318 g/mol. The van der Waals surface area contributed by atoms with E-state index in [1.165, 1.54) is 11.9 Å². The predicted molar refractivity (Wildman–Crippen MR) is 88.3 cm³/mol. The van der Waals surface area contributed by atoms with Gasteiger partial charge in [-0.15, -0.1) is 0 Å². The van der Waals surface area contributed by atoms with Crippen molar-refractivity contribution in [3.63, 3.8) is 0 Å². The molecule has 140 valence electrons. The zero-order chi connectivity index (χ0) is 19.3. The second-order valence-corrected chi connectivity index (χ2v) is 5.12. The number of nitrogens with one attached hydrogen (secondary N) is 1. The first-order chi connectivity index (χ1) is 11.1. The normalized spacial score (nSPS) is 12.2. The Balaban J connectivity index is 0. The molecule has 24 heavy (non-hydrogen) atoms. The molecule has 0 aromatic rings. The Morgan fingerprint density at radius 2 is 1.67 bits per heavy atom. The molecule has 2 amide bonds. The first-order valence-corrected chi connectivity index (χ1v) is 7.87. The van der Waals surface area contributed by atoms with E-state index in [1.54, 1.807) is 6.92 Å². The second-order valence-electron chi connectivity index (χ2n) is 5.12. The molecule has 0 aliphatic rings. The third-order valence-corrected chi connectivity index (χ3v) is 2.97. The molecule has 0 aromatic carbocycles. The van der Waals surface area contributed by atoms with Crippen molar-refractivity contribution in [2.24, 2.45) is 5.73 Å². The van der Waals surface area contributed by atoms with Crippen LogP contribution in [0.25, 0.3) is 0 Å². The van der Waals surface area contributed by atoms with Crippen LogP contribution in [-0.4, -0.2) is 64.5 Å². The lowest BCUT2D eigenvalue weighted by molar-refractivity contribution is -0.139. The molecule has 0 saturated carbocycles. The van der Waals surface area contributed by atoms with E-state index in [0.717, 1.165) is 0 Å². The highest BCUT2D eigenvalue weighted by atomic mass is 16.4. The Morgan fingerprint density at radius 3 is 2.12 bits per heavy atom. The molecule has 0 fully saturated rings. The molecule has 0 bridgehead atoms. The van der Waals surface area contributed by atoms with E-state index in [0.29, 0.717) is 0 Å². The summed E-state index contributed by atoms with van der Waals surface area (Å²) in [5, 5.41) is 19.7. The van der Waals surface area contributed by atoms with Gasteiger partial charge in [-0.05, 0) is 13.3 Å². The highest BCUT2D eigenvalue weighted by molar-refractivity contribution is 5.84. The van der Waals surface area contributed by atoms with E-state index < -0.39 is 29.9 Å². The summed E-state index contributed by atoms with van der Waals surface area (Å²) in [4.78, 5) is 45.6. The van der Waals surface area contributed by atoms with Gasteiger partial charge in [0.05, 0.1) is 6.42 Å². The number of hydrogen-bond acceptors (Lipinski definition) is 5. The van der Waals surface area contributed by atoms with Crippen molar-refractivity contribution < 1.29 is 29.4 Å². The van der Waals surface area contributed by atoms with Crippen LogP contribution in [0, 0.1) is 0 Å². The maximum absolute atomic E-state index is 11.8. The summed E-state index contributed by atoms with van der Waals surface area (Å²) in [6, 6.07) is -1.54. The van der Waals surface area contributed by atoms with Crippen molar-refractivity contribution in [3.05, 3.63) is 0 Å². The number of nitrogens with two attached hydrogens (primary N) is 1. The van der Waals surface area contributed by atoms with Gasteiger partial charge in [0.25, 0.3) is 0 Å². The van der Waals surface area contributed by atoms with Gasteiger partial charge in [-0.1, -0.05) is 13.8 Å². The number of carbonyl (C=O) groups excluding carboxylic acids is 2. The second kappa shape index (κ2) is 13.3. The van der Waals surface area contributed by atoms with Crippen LogP contribution in [0.2, 0.25) is 0 Å². The first-order valence-electron chi connectivity index (χ1n) is 7.87. The van der Waals surface area contributed by atoms with Crippen LogP contribution in [-0.2, 0) is 19.2 Å². The average Bonchev–Trinajstić information content (AvgIpc) is 2.50. The van der Waals surface area contributed by atoms with E-state index in [2.05, 4.69) is 5.32 Å². The summed E-state index contributed by atoms with van der Waals surface area (Å²) >= 11 is 0. The Hall–Kier alpha value is -2.16. The van der Waals surface area contributed by atoms with E-state index in [-0.39, 0.29) is 38.1 Å². The maximum Gasteiger partial charge on any atom is 0.320 e. The third-order valence-electron chi connectivity index (χ3n) is 2.97. The minimum absolute atomic E-state index is 0.0373. The molecule has 0 radical (unpaired) electrons. The van der Waals surface area contributed by atoms with Gasteiger partial charge in [0.15, 0.2) is 0 Å². The van der Waals surface area contributed by atoms with Crippen LogP contribution in [0.5, 0.6) is 0 Å². The number of amides is 2. The number of carboxylic acids is 2. The summed E-state index contributed by atoms with van der Waals surface area (Å²) in [5.74, 6) is -2.86. The van der Waals surface area contributed by atoms with Gasteiger partial charge >= 0.3 is 11.9 Å². The van der Waals surface area contributed by atoms with Crippen LogP contribution in [0.15, 0.2) is 0 Å². The van der Waals surface area contributed by atoms with Gasteiger partial charge in [-0.25, -0.2) is 0 Å². The van der Waals surface area contributed by atoms with E-state index in [4.69, 9.17) is 15.9 Å². The summed E-state index contributed by atoms with van der Waals surface area (Å²) in [6.07, 6.45) is -0.158. The Labute approximate surface area is 142 Å². The van der Waals surface area contributed by atoms with Crippen LogP contribution < -0.4 is 11.1 Å². The summed E-state index contributed by atoms with van der Waals surface area (Å²) in [6.45, 7) is 5.75. The molecule has 0 saturated heterocycles. The zero-order valence-corrected chi connectivity index (χ0v) is 14.7. The van der Waals surface area contributed by atoms with Crippen LogP contribution in [0.3, 0.4) is 0 Å². The lowest BCUT2D eigenvalue weighted by atomic mass is 10.2. The average molecular weight is 347 g/mol. The minimum Gasteiger partial charge on any atom is -0.481 e. The highest BCUT2D eigenvalue weighted by Crippen LogP contribution is 2.00. The molecule has 0 aliphatic carbocycles. The molecule has 9 heteroatoms. The summed E-state index contributed by atoms with van der Waals surface area (Å²) < 4.78 is 0. The first kappa shape index (κ1) is 24.1. The quantitative estimate of drug-likeness (QED) is 0.435. The molecule has 0 rings (SSSR count). The molecule has 9 nitrogen and oxygen atoms in total. The molecule has 0 heterocycles. The molecule has 0 aromatic heterocycles. The van der Waals surface area contributed by atoms with Crippen LogP contribution in [0.4, 0.5) is 0 Å². The molecule has 2 atom stereocenters. The summed E-state index contributed by atoms with van der Waals surface area (Å²) in [7, 11) is 1.50. The van der Waals surface area contributed by atoms with Crippen molar-refractivity contribution in [1.29, 1.82) is 0 Å². The smallest absolute Gasteiger partial charge is 0.320 e. The number of nitrogens with zero attached hydrogens (tertiary/aromatic N) is 1. The van der Waals surface area contributed by atoms with Crippen molar-refractivity contribution in [1.82, 2.24) is 10.2 Å². The van der Waals surface area contributed by atoms with Gasteiger partial charge in [0.2, 0.25) is 11.8 Å². The van der Waals surface area contributed by atoms with Gasteiger partial charge in [0.1, 0.15) is 6.04 Å². The minimum atomic E-state index is -1.13. The topological polar surface area (TPSA) is 150 Å². The number of carboxylic acid groups (broad SMARTS) is 2. The number of carbonyl (C=O) groups is 4. The fourth-order valence-electron chi connectivity index (χ4n) is 1.65.